The van der Waals surface area contributed by atoms with Gasteiger partial charge in [-0.05, 0) is 37.0 Å². The fourth-order valence-electron chi connectivity index (χ4n) is 3.25. The number of aliphatic imine (C=N–C) groups is 1. The zero-order valence-electron chi connectivity index (χ0n) is 15.9. The molecule has 0 unspecified atom stereocenters. The molecule has 0 radical (unpaired) electrons. The number of nitrogens with zero attached hydrogens (tertiary/aromatic N) is 3. The van der Waals surface area contributed by atoms with Gasteiger partial charge in [0.25, 0.3) is 0 Å². The van der Waals surface area contributed by atoms with E-state index in [0.717, 1.165) is 27.5 Å². The number of fused-ring (bicyclic) bond motifs is 3. The van der Waals surface area contributed by atoms with Crippen LogP contribution in [0.1, 0.15) is 16.8 Å². The van der Waals surface area contributed by atoms with Gasteiger partial charge in [-0.15, -0.1) is 0 Å². The smallest absolute Gasteiger partial charge is 0.337 e. The molecular formula is C21H22N4O3. The van der Waals surface area contributed by atoms with Crippen LogP contribution in [0.3, 0.4) is 0 Å². The van der Waals surface area contributed by atoms with Gasteiger partial charge in [-0.25, -0.2) is 4.79 Å². The Labute approximate surface area is 162 Å². The first-order valence-corrected chi connectivity index (χ1v) is 8.74. The number of aryl methyl sites for hydroxylation is 1. The first-order valence-electron chi connectivity index (χ1n) is 8.74. The molecule has 1 aromatic heterocycles. The highest BCUT2D eigenvalue weighted by molar-refractivity contribution is 6.10. The molecule has 0 saturated heterocycles. The first-order chi connectivity index (χ1) is 13.5. The van der Waals surface area contributed by atoms with Crippen LogP contribution in [0, 0.1) is 0 Å². The maximum absolute atomic E-state index is 12.0. The summed E-state index contributed by atoms with van der Waals surface area (Å²) in [5, 5.41) is 1.99. The normalized spacial score (nSPS) is 11.2. The summed E-state index contributed by atoms with van der Waals surface area (Å²) in [5.41, 5.74) is 8.59. The molecule has 0 spiro atoms. The van der Waals surface area contributed by atoms with Crippen LogP contribution >= 0.6 is 0 Å². The number of amides is 1. The van der Waals surface area contributed by atoms with Crippen molar-refractivity contribution in [2.75, 3.05) is 19.1 Å². The molecular weight excluding hydrogens is 356 g/mol. The van der Waals surface area contributed by atoms with E-state index in [1.165, 1.54) is 7.11 Å². The molecule has 7 heteroatoms. The Morgan fingerprint density at radius 1 is 1.21 bits per heavy atom. The molecule has 0 aliphatic heterocycles. The predicted molar refractivity (Wildman–Crippen MR) is 112 cm³/mol. The van der Waals surface area contributed by atoms with Gasteiger partial charge < -0.3 is 19.9 Å². The Morgan fingerprint density at radius 3 is 2.68 bits per heavy atom. The van der Waals surface area contributed by atoms with Crippen LogP contribution in [-0.2, 0) is 16.1 Å². The van der Waals surface area contributed by atoms with Crippen molar-refractivity contribution < 1.29 is 14.3 Å². The average Bonchev–Trinajstić information content (AvgIpc) is 3.01. The van der Waals surface area contributed by atoms with Gasteiger partial charge in [0.05, 0.1) is 12.7 Å². The van der Waals surface area contributed by atoms with Crippen LogP contribution in [0.15, 0.2) is 53.8 Å². The van der Waals surface area contributed by atoms with Crippen molar-refractivity contribution in [1.82, 2.24) is 4.57 Å². The van der Waals surface area contributed by atoms with Crippen LogP contribution in [0.2, 0.25) is 0 Å². The first kappa shape index (κ1) is 19.2. The highest BCUT2D eigenvalue weighted by atomic mass is 16.5. The Morgan fingerprint density at radius 2 is 2.00 bits per heavy atom. The number of esters is 1. The van der Waals surface area contributed by atoms with E-state index in [4.69, 9.17) is 10.5 Å². The third-order valence-corrected chi connectivity index (χ3v) is 4.66. The van der Waals surface area contributed by atoms with Crippen LogP contribution in [-0.4, -0.2) is 37.3 Å². The SMILES string of the molecule is C=N/C=C\N(C)c1ccc2c(c1)c1ccc(C(=O)OC)cc1n2CCC(N)=O. The molecule has 1 heterocycles. The molecule has 0 saturated carbocycles. The summed E-state index contributed by atoms with van der Waals surface area (Å²) >= 11 is 0. The van der Waals surface area contributed by atoms with Crippen molar-refractivity contribution in [2.24, 2.45) is 10.7 Å². The number of hydrogen-bond donors (Lipinski definition) is 1. The van der Waals surface area contributed by atoms with Crippen molar-refractivity contribution in [2.45, 2.75) is 13.0 Å². The van der Waals surface area contributed by atoms with Crippen molar-refractivity contribution >= 4 is 46.1 Å². The lowest BCUT2D eigenvalue weighted by atomic mass is 10.1. The molecule has 28 heavy (non-hydrogen) atoms. The van der Waals surface area contributed by atoms with E-state index in [9.17, 15) is 9.59 Å². The molecule has 2 N–H and O–H groups in total. The number of hydrogen-bond acceptors (Lipinski definition) is 5. The van der Waals surface area contributed by atoms with E-state index in [-0.39, 0.29) is 12.3 Å². The lowest BCUT2D eigenvalue weighted by Crippen LogP contribution is -2.14. The maximum atomic E-state index is 12.0. The fourth-order valence-corrected chi connectivity index (χ4v) is 3.25. The minimum absolute atomic E-state index is 0.205. The number of anilines is 1. The second-order valence-electron chi connectivity index (χ2n) is 6.38. The van der Waals surface area contributed by atoms with Gasteiger partial charge in [-0.1, -0.05) is 6.07 Å². The molecule has 0 aliphatic rings. The topological polar surface area (TPSA) is 89.9 Å². The summed E-state index contributed by atoms with van der Waals surface area (Å²) in [6.07, 6.45) is 3.63. The van der Waals surface area contributed by atoms with E-state index in [2.05, 4.69) is 17.8 Å². The predicted octanol–water partition coefficient (Wildman–Crippen LogP) is 3.06. The van der Waals surface area contributed by atoms with Crippen LogP contribution in [0.25, 0.3) is 21.8 Å². The van der Waals surface area contributed by atoms with Gasteiger partial charge in [0, 0.05) is 59.9 Å². The molecule has 0 bridgehead atoms. The van der Waals surface area contributed by atoms with E-state index in [1.807, 2.05) is 40.9 Å². The zero-order chi connectivity index (χ0) is 20.3. The van der Waals surface area contributed by atoms with E-state index >= 15 is 0 Å². The Hall–Kier alpha value is -3.61. The number of carbonyl (C=O) groups excluding carboxylic acids is 2. The number of primary amides is 1. The summed E-state index contributed by atoms with van der Waals surface area (Å²) in [7, 11) is 3.27. The molecule has 0 fully saturated rings. The third-order valence-electron chi connectivity index (χ3n) is 4.66. The number of carbonyl (C=O) groups is 2. The Kier molecular flexibility index (Phi) is 5.44. The molecule has 7 nitrogen and oxygen atoms in total. The van der Waals surface area contributed by atoms with E-state index in [1.54, 1.807) is 18.3 Å². The molecule has 3 aromatic rings. The molecule has 1 amide bonds. The van der Waals surface area contributed by atoms with Crippen LogP contribution in [0.5, 0.6) is 0 Å². The number of rotatable bonds is 7. The number of aromatic nitrogens is 1. The van der Waals surface area contributed by atoms with Gasteiger partial charge in [0.1, 0.15) is 0 Å². The molecule has 0 atom stereocenters. The van der Waals surface area contributed by atoms with Gasteiger partial charge in [-0.3, -0.25) is 9.79 Å². The lowest BCUT2D eigenvalue weighted by molar-refractivity contribution is -0.118. The lowest BCUT2D eigenvalue weighted by Gasteiger charge is -2.14. The van der Waals surface area contributed by atoms with Crippen molar-refractivity contribution in [1.29, 1.82) is 0 Å². The molecule has 2 aromatic carbocycles. The van der Waals surface area contributed by atoms with Crippen molar-refractivity contribution in [3.05, 3.63) is 54.4 Å². The van der Waals surface area contributed by atoms with Crippen molar-refractivity contribution in [3.8, 4) is 0 Å². The largest absolute Gasteiger partial charge is 0.465 e. The van der Waals surface area contributed by atoms with Gasteiger partial charge in [0.2, 0.25) is 5.91 Å². The third kappa shape index (κ3) is 3.59. The Balaban J connectivity index is 2.22. The van der Waals surface area contributed by atoms with Crippen LogP contribution in [0.4, 0.5) is 5.69 Å². The summed E-state index contributed by atoms with van der Waals surface area (Å²) in [4.78, 5) is 29.0. The molecule has 144 valence electrons. The summed E-state index contributed by atoms with van der Waals surface area (Å²) in [5.74, 6) is -0.784. The van der Waals surface area contributed by atoms with E-state index < -0.39 is 5.97 Å². The number of nitrogens with two attached hydrogens (primary N) is 1. The zero-order valence-corrected chi connectivity index (χ0v) is 15.9. The maximum Gasteiger partial charge on any atom is 0.337 e. The standard InChI is InChI=1S/C21H22N4O3/c1-23-9-11-24(2)15-5-7-18-17(13-15)16-6-4-14(21(27)28-3)12-19(16)25(18)10-8-20(22)26/h4-7,9,11-13H,1,8,10H2,2-3H3,(H2,22,26)/b11-9-. The average molecular weight is 378 g/mol. The molecule has 3 rings (SSSR count). The van der Waals surface area contributed by atoms with Gasteiger partial charge in [-0.2, -0.15) is 0 Å². The summed E-state index contributed by atoms with van der Waals surface area (Å²) in [6, 6.07) is 11.5. The van der Waals surface area contributed by atoms with Crippen molar-refractivity contribution in [3.63, 3.8) is 0 Å². The second-order valence-corrected chi connectivity index (χ2v) is 6.38. The molecule has 0 aliphatic carbocycles. The highest BCUT2D eigenvalue weighted by Gasteiger charge is 2.15. The van der Waals surface area contributed by atoms with E-state index in [0.29, 0.717) is 12.1 Å². The van der Waals surface area contributed by atoms with Gasteiger partial charge >= 0.3 is 5.97 Å². The van der Waals surface area contributed by atoms with Crippen LogP contribution < -0.4 is 10.6 Å². The minimum Gasteiger partial charge on any atom is -0.465 e. The minimum atomic E-state index is -0.406. The summed E-state index contributed by atoms with van der Waals surface area (Å²) < 4.78 is 6.84. The monoisotopic (exact) mass is 378 g/mol. The number of ether oxygens (including phenoxy) is 1. The quantitative estimate of drug-likeness (QED) is 0.505. The second kappa shape index (κ2) is 7.96. The highest BCUT2D eigenvalue weighted by Crippen LogP contribution is 2.33. The van der Waals surface area contributed by atoms with Gasteiger partial charge in [0.15, 0.2) is 0 Å². The fraction of sp³-hybridized carbons (Fsp3) is 0.190. The number of benzene rings is 2. The summed E-state index contributed by atoms with van der Waals surface area (Å²) in [6.45, 7) is 3.87. The number of methoxy groups -OCH3 is 1. The Bertz CT molecular complexity index is 1100.